The van der Waals surface area contributed by atoms with Crippen LogP contribution >= 0.6 is 0 Å². The van der Waals surface area contributed by atoms with Crippen molar-refractivity contribution in [2.75, 3.05) is 26.1 Å². The van der Waals surface area contributed by atoms with Gasteiger partial charge in [0.15, 0.2) is 11.5 Å². The van der Waals surface area contributed by atoms with Gasteiger partial charge in [-0.05, 0) is 12.5 Å². The Morgan fingerprint density at radius 1 is 1.12 bits per heavy atom. The Balaban J connectivity index is 1.96. The molecule has 2 N–H and O–H groups in total. The lowest BCUT2D eigenvalue weighted by atomic mass is 10.1. The fraction of sp³-hybridized carbons (Fsp3) is 0.278. The lowest BCUT2D eigenvalue weighted by Gasteiger charge is -2.16. The van der Waals surface area contributed by atoms with Crippen molar-refractivity contribution in [1.29, 1.82) is 0 Å². The van der Waals surface area contributed by atoms with Gasteiger partial charge in [0.25, 0.3) is 0 Å². The number of methoxy groups -OCH3 is 2. The molecule has 0 spiro atoms. The minimum absolute atomic E-state index is 0.0520. The zero-order chi connectivity index (χ0) is 17.5. The number of amides is 1. The molecule has 1 amide bonds. The van der Waals surface area contributed by atoms with Gasteiger partial charge in [0.1, 0.15) is 5.82 Å². The molecule has 128 valence electrons. The molecule has 1 atom stereocenters. The predicted molar refractivity (Wildman–Crippen MR) is 91.0 cm³/mol. The Hall–Kier alpha value is -2.76. The molecule has 24 heavy (non-hydrogen) atoms. The third-order valence-corrected chi connectivity index (χ3v) is 3.59. The smallest absolute Gasteiger partial charge is 0.239 e. The fourth-order valence-electron chi connectivity index (χ4n) is 2.28. The van der Waals surface area contributed by atoms with Crippen molar-refractivity contribution in [1.82, 2.24) is 5.32 Å². The first kappa shape index (κ1) is 17.6. The summed E-state index contributed by atoms with van der Waals surface area (Å²) in [5.41, 5.74) is 1.18. The summed E-state index contributed by atoms with van der Waals surface area (Å²) in [5.74, 6) is -0.0701. The number of halogens is 1. The van der Waals surface area contributed by atoms with Gasteiger partial charge in [-0.2, -0.15) is 0 Å². The third-order valence-electron chi connectivity index (χ3n) is 3.59. The van der Waals surface area contributed by atoms with Crippen LogP contribution < -0.4 is 20.1 Å². The van der Waals surface area contributed by atoms with E-state index in [-0.39, 0.29) is 24.2 Å². The van der Waals surface area contributed by atoms with E-state index in [9.17, 15) is 9.18 Å². The highest BCUT2D eigenvalue weighted by molar-refractivity contribution is 5.81. The molecule has 0 aliphatic rings. The number of hydrogen-bond donors (Lipinski definition) is 2. The van der Waals surface area contributed by atoms with Crippen LogP contribution in [0.2, 0.25) is 0 Å². The van der Waals surface area contributed by atoms with Crippen LogP contribution in [-0.2, 0) is 4.79 Å². The minimum Gasteiger partial charge on any atom is -0.493 e. The summed E-state index contributed by atoms with van der Waals surface area (Å²) in [4.78, 5) is 12.0. The lowest BCUT2D eigenvalue weighted by Crippen LogP contribution is -2.32. The summed E-state index contributed by atoms with van der Waals surface area (Å²) in [6, 6.07) is 12.2. The van der Waals surface area contributed by atoms with Gasteiger partial charge in [0.2, 0.25) is 5.91 Å². The van der Waals surface area contributed by atoms with Crippen molar-refractivity contribution in [3.8, 4) is 11.5 Å². The van der Waals surface area contributed by atoms with E-state index in [1.54, 1.807) is 0 Å². The van der Waals surface area contributed by atoms with Gasteiger partial charge < -0.3 is 20.1 Å². The summed E-state index contributed by atoms with van der Waals surface area (Å²) >= 11 is 0. The maximum absolute atomic E-state index is 14.0. The van der Waals surface area contributed by atoms with Crippen molar-refractivity contribution in [2.24, 2.45) is 0 Å². The molecule has 0 heterocycles. The first-order chi connectivity index (χ1) is 11.5. The molecule has 6 heteroatoms. The van der Waals surface area contributed by atoms with Crippen molar-refractivity contribution >= 4 is 11.6 Å². The van der Waals surface area contributed by atoms with Crippen LogP contribution in [0.3, 0.4) is 0 Å². The summed E-state index contributed by atoms with van der Waals surface area (Å²) in [6.45, 7) is 1.84. The van der Waals surface area contributed by atoms with Crippen molar-refractivity contribution in [3.05, 3.63) is 53.8 Å². The van der Waals surface area contributed by atoms with Crippen LogP contribution in [0.25, 0.3) is 0 Å². The fourth-order valence-corrected chi connectivity index (χ4v) is 2.28. The number of carbonyl (C=O) groups is 1. The van der Waals surface area contributed by atoms with Crippen LogP contribution in [0, 0.1) is 5.82 Å². The average molecular weight is 332 g/mol. The molecule has 2 aromatic rings. The highest BCUT2D eigenvalue weighted by atomic mass is 19.1. The zero-order valence-corrected chi connectivity index (χ0v) is 13.9. The number of ether oxygens (including phenoxy) is 2. The zero-order valence-electron chi connectivity index (χ0n) is 13.9. The topological polar surface area (TPSA) is 59.6 Å². The highest BCUT2D eigenvalue weighted by Crippen LogP contribution is 2.32. The monoisotopic (exact) mass is 332 g/mol. The molecule has 5 nitrogen and oxygen atoms in total. The van der Waals surface area contributed by atoms with E-state index in [1.807, 2.05) is 37.3 Å². The second-order valence-electron chi connectivity index (χ2n) is 5.24. The van der Waals surface area contributed by atoms with Gasteiger partial charge in [-0.15, -0.1) is 0 Å². The number of carbonyl (C=O) groups excluding carboxylic acids is 1. The molecule has 2 aromatic carbocycles. The second-order valence-corrected chi connectivity index (χ2v) is 5.24. The molecule has 0 aliphatic heterocycles. The first-order valence-corrected chi connectivity index (χ1v) is 7.55. The first-order valence-electron chi connectivity index (χ1n) is 7.55. The van der Waals surface area contributed by atoms with Crippen molar-refractivity contribution in [3.63, 3.8) is 0 Å². The predicted octanol–water partition coefficient (Wildman–Crippen LogP) is 3.13. The van der Waals surface area contributed by atoms with E-state index in [0.717, 1.165) is 5.56 Å². The van der Waals surface area contributed by atoms with Crippen LogP contribution in [0.1, 0.15) is 18.5 Å². The quantitative estimate of drug-likeness (QED) is 0.818. The van der Waals surface area contributed by atoms with Gasteiger partial charge in [-0.3, -0.25) is 4.79 Å². The summed E-state index contributed by atoms with van der Waals surface area (Å²) in [6.07, 6.45) is 0. The Bertz CT molecular complexity index is 692. The Morgan fingerprint density at radius 3 is 2.38 bits per heavy atom. The number of nitrogens with one attached hydrogen (secondary N) is 2. The number of hydrogen-bond acceptors (Lipinski definition) is 4. The molecule has 0 saturated heterocycles. The summed E-state index contributed by atoms with van der Waals surface area (Å²) in [5, 5.41) is 5.63. The van der Waals surface area contributed by atoms with E-state index in [1.165, 1.54) is 26.4 Å². The second kappa shape index (κ2) is 8.19. The van der Waals surface area contributed by atoms with Gasteiger partial charge in [-0.25, -0.2) is 4.39 Å². The van der Waals surface area contributed by atoms with E-state index in [2.05, 4.69) is 10.6 Å². The molecule has 2 rings (SSSR count). The maximum Gasteiger partial charge on any atom is 0.239 e. The van der Waals surface area contributed by atoms with Gasteiger partial charge in [0.05, 0.1) is 32.5 Å². The Labute approximate surface area is 140 Å². The Morgan fingerprint density at radius 2 is 1.75 bits per heavy atom. The molecule has 0 aromatic heterocycles. The van der Waals surface area contributed by atoms with E-state index in [0.29, 0.717) is 11.5 Å². The molecule has 0 fully saturated rings. The van der Waals surface area contributed by atoms with E-state index < -0.39 is 5.82 Å². The molecule has 0 bridgehead atoms. The van der Waals surface area contributed by atoms with Gasteiger partial charge in [-0.1, -0.05) is 30.3 Å². The minimum atomic E-state index is -0.517. The molecule has 0 radical (unpaired) electrons. The number of anilines is 1. The van der Waals surface area contributed by atoms with E-state index in [4.69, 9.17) is 9.47 Å². The van der Waals surface area contributed by atoms with Crippen LogP contribution in [0.4, 0.5) is 10.1 Å². The van der Waals surface area contributed by atoms with Crippen LogP contribution in [0.15, 0.2) is 42.5 Å². The Kier molecular flexibility index (Phi) is 6.01. The normalized spacial score (nSPS) is 11.5. The number of benzene rings is 2. The standard InChI is InChI=1S/C18H21FN2O3/c1-12(13-7-5-4-6-8-13)21-18(22)11-20-15-10-17(24-3)16(23-2)9-14(15)19/h4-10,12,20H,11H2,1-3H3,(H,21,22)/t12-/m0/s1. The summed E-state index contributed by atoms with van der Waals surface area (Å²) in [7, 11) is 2.90. The average Bonchev–Trinajstić information content (AvgIpc) is 2.61. The van der Waals surface area contributed by atoms with Gasteiger partial charge in [0, 0.05) is 12.1 Å². The maximum atomic E-state index is 14.0. The molecular formula is C18H21FN2O3. The highest BCUT2D eigenvalue weighted by Gasteiger charge is 2.13. The van der Waals surface area contributed by atoms with Gasteiger partial charge >= 0.3 is 0 Å². The molecule has 0 unspecified atom stereocenters. The van der Waals surface area contributed by atoms with Crippen molar-refractivity contribution in [2.45, 2.75) is 13.0 Å². The van der Waals surface area contributed by atoms with Crippen LogP contribution in [0.5, 0.6) is 11.5 Å². The van der Waals surface area contributed by atoms with Crippen LogP contribution in [-0.4, -0.2) is 26.7 Å². The molecule has 0 saturated carbocycles. The largest absolute Gasteiger partial charge is 0.493 e. The molecular weight excluding hydrogens is 311 g/mol. The van der Waals surface area contributed by atoms with Crippen molar-refractivity contribution < 1.29 is 18.7 Å². The third kappa shape index (κ3) is 4.38. The van der Waals surface area contributed by atoms with E-state index >= 15 is 0 Å². The summed E-state index contributed by atoms with van der Waals surface area (Å²) < 4.78 is 24.2. The number of rotatable bonds is 7. The molecule has 0 aliphatic carbocycles. The lowest BCUT2D eigenvalue weighted by molar-refractivity contribution is -0.120. The SMILES string of the molecule is COc1cc(F)c(NCC(=O)N[C@@H](C)c2ccccc2)cc1OC.